The Morgan fingerprint density at radius 2 is 1.79 bits per heavy atom. The van der Waals surface area contributed by atoms with Gasteiger partial charge in [-0.3, -0.25) is 5.21 Å². The van der Waals surface area contributed by atoms with E-state index < -0.39 is 36.6 Å². The molecular formula is C12H13NO6. The van der Waals surface area contributed by atoms with Crippen LogP contribution in [0, 0.1) is 0 Å². The van der Waals surface area contributed by atoms with Gasteiger partial charge in [0.2, 0.25) is 0 Å². The molecule has 3 N–H and O–H groups in total. The third-order valence-electron chi connectivity index (χ3n) is 3.32. The fourth-order valence-electron chi connectivity index (χ4n) is 2.33. The van der Waals surface area contributed by atoms with E-state index in [0.717, 1.165) is 5.06 Å². The van der Waals surface area contributed by atoms with Crippen LogP contribution in [-0.4, -0.2) is 52.0 Å². The van der Waals surface area contributed by atoms with Crippen molar-refractivity contribution in [2.24, 2.45) is 0 Å². The highest BCUT2D eigenvalue weighted by Gasteiger charge is 2.58. The normalized spacial score (nSPS) is 37.0. The average molecular weight is 267 g/mol. The van der Waals surface area contributed by atoms with Gasteiger partial charge in [-0.1, -0.05) is 18.2 Å². The van der Waals surface area contributed by atoms with Crippen molar-refractivity contribution in [3.8, 4) is 0 Å². The third kappa shape index (κ3) is 1.87. The standard InChI is InChI=1S/C12H13NO6/c14-7-9-10(8(15)12(16)19-9)18-11(7)13(17)6-4-2-1-3-5-6/h1-5,7-11,14-15,17H/t7-,8+,9-,10+,11-/m1/s1. The lowest BCUT2D eigenvalue weighted by Crippen LogP contribution is -2.43. The van der Waals surface area contributed by atoms with Crippen molar-refractivity contribution >= 4 is 11.7 Å². The van der Waals surface area contributed by atoms with Crippen LogP contribution in [-0.2, 0) is 14.3 Å². The number of hydrogen-bond acceptors (Lipinski definition) is 7. The van der Waals surface area contributed by atoms with E-state index in [-0.39, 0.29) is 0 Å². The molecule has 1 aromatic carbocycles. The molecule has 0 unspecified atom stereocenters. The van der Waals surface area contributed by atoms with Crippen LogP contribution < -0.4 is 5.06 Å². The summed E-state index contributed by atoms with van der Waals surface area (Å²) in [7, 11) is 0. The molecule has 2 aliphatic heterocycles. The lowest BCUT2D eigenvalue weighted by molar-refractivity contribution is -0.154. The number of aliphatic hydroxyl groups excluding tert-OH is 2. The Balaban J connectivity index is 1.80. The van der Waals surface area contributed by atoms with Crippen LogP contribution in [0.25, 0.3) is 0 Å². The van der Waals surface area contributed by atoms with E-state index in [1.807, 2.05) is 0 Å². The maximum atomic E-state index is 11.1. The first-order chi connectivity index (χ1) is 9.09. The SMILES string of the molecule is O=C1O[C@@H]2[C@@H](O)[C@H](N(O)c3ccccc3)O[C@H]2[C@@H]1O. The second kappa shape index (κ2) is 4.46. The van der Waals surface area contributed by atoms with Gasteiger partial charge in [-0.15, -0.1) is 0 Å². The van der Waals surface area contributed by atoms with Gasteiger partial charge >= 0.3 is 5.97 Å². The van der Waals surface area contributed by atoms with E-state index in [1.165, 1.54) is 0 Å². The molecule has 0 saturated carbocycles. The number of ether oxygens (including phenoxy) is 2. The van der Waals surface area contributed by atoms with Crippen molar-refractivity contribution < 1.29 is 29.7 Å². The maximum absolute atomic E-state index is 11.1. The average Bonchev–Trinajstić information content (AvgIpc) is 2.89. The van der Waals surface area contributed by atoms with Crippen LogP contribution in [0.2, 0.25) is 0 Å². The van der Waals surface area contributed by atoms with E-state index in [2.05, 4.69) is 0 Å². The second-order valence-corrected chi connectivity index (χ2v) is 4.51. The number of hydroxylamine groups is 1. The van der Waals surface area contributed by atoms with Crippen LogP contribution in [0.3, 0.4) is 0 Å². The van der Waals surface area contributed by atoms with Gasteiger partial charge in [0.05, 0.1) is 5.69 Å². The van der Waals surface area contributed by atoms with Crippen LogP contribution in [0.1, 0.15) is 0 Å². The van der Waals surface area contributed by atoms with E-state index in [9.17, 15) is 20.2 Å². The van der Waals surface area contributed by atoms with E-state index in [1.54, 1.807) is 30.3 Å². The molecule has 2 saturated heterocycles. The highest BCUT2D eigenvalue weighted by atomic mass is 16.7. The predicted octanol–water partition coefficient (Wildman–Crippen LogP) is -0.746. The third-order valence-corrected chi connectivity index (χ3v) is 3.32. The number of rotatable bonds is 2. The molecule has 0 spiro atoms. The first-order valence-corrected chi connectivity index (χ1v) is 5.85. The second-order valence-electron chi connectivity index (χ2n) is 4.51. The molecule has 2 fully saturated rings. The number of carbonyl (C=O) groups is 1. The van der Waals surface area contributed by atoms with Crippen molar-refractivity contribution in [1.29, 1.82) is 0 Å². The Bertz CT molecular complexity index is 480. The number of carbonyl (C=O) groups excluding carboxylic acids is 1. The molecule has 7 nitrogen and oxygen atoms in total. The van der Waals surface area contributed by atoms with E-state index in [4.69, 9.17) is 9.47 Å². The molecule has 3 rings (SSSR count). The first-order valence-electron chi connectivity index (χ1n) is 5.85. The number of esters is 1. The number of para-hydroxylation sites is 1. The molecule has 0 amide bonds. The van der Waals surface area contributed by atoms with Crippen LogP contribution in [0.15, 0.2) is 30.3 Å². The van der Waals surface area contributed by atoms with Gasteiger partial charge in [0.1, 0.15) is 12.2 Å². The number of anilines is 1. The van der Waals surface area contributed by atoms with E-state index >= 15 is 0 Å². The first kappa shape index (κ1) is 12.4. The highest BCUT2D eigenvalue weighted by Crippen LogP contribution is 2.34. The van der Waals surface area contributed by atoms with Gasteiger partial charge in [-0.05, 0) is 12.1 Å². The molecule has 0 bridgehead atoms. The summed E-state index contributed by atoms with van der Waals surface area (Å²) >= 11 is 0. The van der Waals surface area contributed by atoms with Crippen molar-refractivity contribution in [3.05, 3.63) is 30.3 Å². The molecule has 0 aromatic heterocycles. The number of nitrogens with zero attached hydrogens (tertiary/aromatic N) is 1. The largest absolute Gasteiger partial charge is 0.455 e. The van der Waals surface area contributed by atoms with Gasteiger partial charge in [0.15, 0.2) is 18.4 Å². The Morgan fingerprint density at radius 1 is 1.11 bits per heavy atom. The minimum Gasteiger partial charge on any atom is -0.455 e. The molecule has 102 valence electrons. The van der Waals surface area contributed by atoms with Crippen molar-refractivity contribution in [1.82, 2.24) is 0 Å². The summed E-state index contributed by atoms with van der Waals surface area (Å²) in [6.07, 6.45) is -5.71. The quantitative estimate of drug-likeness (QED) is 0.479. The minimum atomic E-state index is -1.44. The van der Waals surface area contributed by atoms with Crippen molar-refractivity contribution in [2.75, 3.05) is 5.06 Å². The fourth-order valence-corrected chi connectivity index (χ4v) is 2.33. The zero-order chi connectivity index (χ0) is 13.6. The molecule has 19 heavy (non-hydrogen) atoms. The summed E-state index contributed by atoms with van der Waals surface area (Å²) in [4.78, 5) is 11.1. The molecule has 1 aromatic rings. The van der Waals surface area contributed by atoms with Gasteiger partial charge in [-0.25, -0.2) is 9.86 Å². The molecule has 2 aliphatic rings. The lowest BCUT2D eigenvalue weighted by atomic mass is 10.1. The summed E-state index contributed by atoms with van der Waals surface area (Å²) in [5, 5.41) is 30.3. The van der Waals surface area contributed by atoms with Gasteiger partial charge in [0, 0.05) is 0 Å². The fraction of sp³-hybridized carbons (Fsp3) is 0.417. The summed E-state index contributed by atoms with van der Waals surface area (Å²) in [6.45, 7) is 0. The maximum Gasteiger partial charge on any atom is 0.338 e. The van der Waals surface area contributed by atoms with Gasteiger partial charge in [-0.2, -0.15) is 0 Å². The Hall–Kier alpha value is -1.67. The van der Waals surface area contributed by atoms with Crippen molar-refractivity contribution in [3.63, 3.8) is 0 Å². The highest BCUT2D eigenvalue weighted by molar-refractivity contribution is 5.78. The molecule has 5 atom stereocenters. The zero-order valence-electron chi connectivity index (χ0n) is 9.79. The number of aliphatic hydroxyl groups is 2. The molecule has 2 heterocycles. The van der Waals surface area contributed by atoms with Crippen molar-refractivity contribution in [2.45, 2.75) is 30.6 Å². The summed E-state index contributed by atoms with van der Waals surface area (Å²) in [6, 6.07) is 8.48. The summed E-state index contributed by atoms with van der Waals surface area (Å²) in [5.41, 5.74) is 0.423. The number of fused-ring (bicyclic) bond motifs is 1. The van der Waals surface area contributed by atoms with Crippen LogP contribution >= 0.6 is 0 Å². The van der Waals surface area contributed by atoms with Crippen LogP contribution in [0.5, 0.6) is 0 Å². The van der Waals surface area contributed by atoms with Gasteiger partial charge in [0.25, 0.3) is 0 Å². The zero-order valence-corrected chi connectivity index (χ0v) is 9.79. The number of hydrogen-bond donors (Lipinski definition) is 3. The van der Waals surface area contributed by atoms with Gasteiger partial charge < -0.3 is 19.7 Å². The Labute approximate surface area is 108 Å². The Kier molecular flexibility index (Phi) is 2.90. The summed E-state index contributed by atoms with van der Waals surface area (Å²) in [5.74, 6) is -0.822. The number of benzene rings is 1. The smallest absolute Gasteiger partial charge is 0.338 e. The molecule has 0 aliphatic carbocycles. The van der Waals surface area contributed by atoms with Crippen LogP contribution in [0.4, 0.5) is 5.69 Å². The monoisotopic (exact) mass is 267 g/mol. The Morgan fingerprint density at radius 3 is 2.42 bits per heavy atom. The minimum absolute atomic E-state index is 0.423. The molecule has 7 heteroatoms. The lowest BCUT2D eigenvalue weighted by Gasteiger charge is -2.26. The topological polar surface area (TPSA) is 99.5 Å². The molecular weight excluding hydrogens is 254 g/mol. The predicted molar refractivity (Wildman–Crippen MR) is 61.3 cm³/mol. The summed E-state index contributed by atoms with van der Waals surface area (Å²) < 4.78 is 10.2. The van der Waals surface area contributed by atoms with E-state index in [0.29, 0.717) is 5.69 Å². The molecule has 0 radical (unpaired) electrons.